The molecule has 2 N–H and O–H groups in total. The zero-order valence-corrected chi connectivity index (χ0v) is 9.60. The average molecular weight is 248 g/mol. The molecule has 0 aliphatic rings. The molecule has 0 fully saturated rings. The standard InChI is InChI=1S/C10H11ClFNO3/c1-15-7-3-5(12)9(11)8(6(14)4-13)10(7)16-2/h3H,4,13H2,1-2H3. The lowest BCUT2D eigenvalue weighted by Gasteiger charge is -2.13. The summed E-state index contributed by atoms with van der Waals surface area (Å²) < 4.78 is 23.2. The fourth-order valence-electron chi connectivity index (χ4n) is 1.29. The molecular weight excluding hydrogens is 237 g/mol. The third-order valence-corrected chi connectivity index (χ3v) is 2.40. The summed E-state index contributed by atoms with van der Waals surface area (Å²) in [5.41, 5.74) is 5.12. The average Bonchev–Trinajstić information content (AvgIpc) is 2.30. The van der Waals surface area contributed by atoms with Gasteiger partial charge in [-0.1, -0.05) is 11.6 Å². The molecule has 0 saturated carbocycles. The molecule has 1 aromatic carbocycles. The minimum atomic E-state index is -0.754. The van der Waals surface area contributed by atoms with Crippen molar-refractivity contribution in [2.45, 2.75) is 0 Å². The van der Waals surface area contributed by atoms with Gasteiger partial charge in [0.15, 0.2) is 17.3 Å². The van der Waals surface area contributed by atoms with Crippen LogP contribution < -0.4 is 15.2 Å². The van der Waals surface area contributed by atoms with E-state index in [1.807, 2.05) is 0 Å². The molecule has 88 valence electrons. The van der Waals surface area contributed by atoms with Gasteiger partial charge in [0.2, 0.25) is 0 Å². The van der Waals surface area contributed by atoms with Crippen molar-refractivity contribution < 1.29 is 18.7 Å². The van der Waals surface area contributed by atoms with Gasteiger partial charge in [-0.15, -0.1) is 0 Å². The van der Waals surface area contributed by atoms with Gasteiger partial charge in [-0.3, -0.25) is 4.79 Å². The summed E-state index contributed by atoms with van der Waals surface area (Å²) in [7, 11) is 2.67. The van der Waals surface area contributed by atoms with E-state index >= 15 is 0 Å². The number of rotatable bonds is 4. The summed E-state index contributed by atoms with van der Waals surface area (Å²) in [6, 6.07) is 1.05. The molecule has 1 rings (SSSR count). The van der Waals surface area contributed by atoms with Crippen LogP contribution in [0.2, 0.25) is 5.02 Å². The van der Waals surface area contributed by atoms with Crippen LogP contribution in [0.25, 0.3) is 0 Å². The maximum atomic E-state index is 13.4. The van der Waals surface area contributed by atoms with E-state index in [-0.39, 0.29) is 28.6 Å². The fourth-order valence-corrected chi connectivity index (χ4v) is 1.54. The summed E-state index contributed by atoms with van der Waals surface area (Å²) in [5.74, 6) is -1.08. The first-order valence-electron chi connectivity index (χ1n) is 4.40. The monoisotopic (exact) mass is 247 g/mol. The number of ether oxygens (including phenoxy) is 2. The molecule has 0 atom stereocenters. The minimum absolute atomic E-state index is 0.0874. The Bertz CT molecular complexity index is 423. The van der Waals surface area contributed by atoms with Crippen LogP contribution in [0.4, 0.5) is 4.39 Å². The van der Waals surface area contributed by atoms with Crippen molar-refractivity contribution in [3.8, 4) is 11.5 Å². The van der Waals surface area contributed by atoms with E-state index in [2.05, 4.69) is 0 Å². The van der Waals surface area contributed by atoms with E-state index in [9.17, 15) is 9.18 Å². The van der Waals surface area contributed by atoms with Gasteiger partial charge >= 0.3 is 0 Å². The molecule has 0 heterocycles. The number of hydrogen-bond acceptors (Lipinski definition) is 4. The first kappa shape index (κ1) is 12.7. The number of Topliss-reactive ketones (excluding diaryl/α,β-unsaturated/α-hetero) is 1. The number of ketones is 1. The molecule has 4 nitrogen and oxygen atoms in total. The number of benzene rings is 1. The lowest BCUT2D eigenvalue weighted by atomic mass is 10.1. The van der Waals surface area contributed by atoms with Crippen LogP contribution in [0, 0.1) is 5.82 Å². The molecule has 16 heavy (non-hydrogen) atoms. The third-order valence-electron chi connectivity index (χ3n) is 2.03. The van der Waals surface area contributed by atoms with Crippen molar-refractivity contribution in [1.29, 1.82) is 0 Å². The van der Waals surface area contributed by atoms with E-state index in [1.165, 1.54) is 14.2 Å². The molecule has 0 aliphatic heterocycles. The Hall–Kier alpha value is -1.33. The van der Waals surface area contributed by atoms with Crippen LogP contribution in [0.15, 0.2) is 6.07 Å². The van der Waals surface area contributed by atoms with Gasteiger partial charge in [0.1, 0.15) is 5.82 Å². The molecule has 0 bridgehead atoms. The summed E-state index contributed by atoms with van der Waals surface area (Å²) in [4.78, 5) is 11.5. The second-order valence-electron chi connectivity index (χ2n) is 2.91. The lowest BCUT2D eigenvalue weighted by Crippen LogP contribution is -2.16. The summed E-state index contributed by atoms with van der Waals surface area (Å²) in [6.45, 7) is -0.289. The number of hydrogen-bond donors (Lipinski definition) is 1. The Balaban J connectivity index is 3.53. The maximum absolute atomic E-state index is 13.4. The Morgan fingerprint density at radius 1 is 1.50 bits per heavy atom. The summed E-state index contributed by atoms with van der Waals surface area (Å²) in [5, 5.41) is -0.312. The molecule has 0 aliphatic carbocycles. The van der Waals surface area contributed by atoms with Gasteiger partial charge in [-0.2, -0.15) is 0 Å². The molecule has 0 unspecified atom stereocenters. The number of nitrogens with two attached hydrogens (primary N) is 1. The molecule has 0 radical (unpaired) electrons. The van der Waals surface area contributed by atoms with E-state index in [1.54, 1.807) is 0 Å². The predicted molar refractivity (Wildman–Crippen MR) is 57.9 cm³/mol. The van der Waals surface area contributed by atoms with Crippen LogP contribution in [-0.4, -0.2) is 26.5 Å². The third kappa shape index (κ3) is 2.10. The highest BCUT2D eigenvalue weighted by atomic mass is 35.5. The number of carbonyl (C=O) groups is 1. The molecule has 0 amide bonds. The molecular formula is C10H11ClFNO3. The second-order valence-corrected chi connectivity index (χ2v) is 3.29. The van der Waals surface area contributed by atoms with Crippen molar-refractivity contribution in [1.82, 2.24) is 0 Å². The Kier molecular flexibility index (Phi) is 4.09. The number of carbonyl (C=O) groups excluding carboxylic acids is 1. The van der Waals surface area contributed by atoms with Crippen LogP contribution in [0.1, 0.15) is 10.4 Å². The van der Waals surface area contributed by atoms with E-state index in [0.717, 1.165) is 6.07 Å². The largest absolute Gasteiger partial charge is 0.493 e. The van der Waals surface area contributed by atoms with Crippen molar-refractivity contribution >= 4 is 17.4 Å². The topological polar surface area (TPSA) is 61.5 Å². The highest BCUT2D eigenvalue weighted by Gasteiger charge is 2.23. The normalized spacial score (nSPS) is 10.1. The lowest BCUT2D eigenvalue weighted by molar-refractivity contribution is 0.0997. The molecule has 1 aromatic rings. The summed E-state index contributed by atoms with van der Waals surface area (Å²) in [6.07, 6.45) is 0. The van der Waals surface area contributed by atoms with Gasteiger partial charge in [-0.25, -0.2) is 4.39 Å². The van der Waals surface area contributed by atoms with Gasteiger partial charge in [0.05, 0.1) is 31.4 Å². The summed E-state index contributed by atoms with van der Waals surface area (Å²) >= 11 is 5.69. The molecule has 0 spiro atoms. The van der Waals surface area contributed by atoms with Crippen molar-refractivity contribution in [3.05, 3.63) is 22.5 Å². The highest BCUT2D eigenvalue weighted by molar-refractivity contribution is 6.34. The van der Waals surface area contributed by atoms with E-state index in [4.69, 9.17) is 26.8 Å². The Labute approximate surface area is 97.1 Å². The van der Waals surface area contributed by atoms with Crippen LogP contribution in [-0.2, 0) is 0 Å². The van der Waals surface area contributed by atoms with Crippen molar-refractivity contribution in [2.24, 2.45) is 5.73 Å². The zero-order valence-electron chi connectivity index (χ0n) is 8.84. The van der Waals surface area contributed by atoms with Gasteiger partial charge in [0, 0.05) is 6.07 Å². The first-order chi connectivity index (χ1) is 7.56. The Morgan fingerprint density at radius 2 is 2.12 bits per heavy atom. The van der Waals surface area contributed by atoms with Crippen molar-refractivity contribution in [2.75, 3.05) is 20.8 Å². The minimum Gasteiger partial charge on any atom is -0.493 e. The first-order valence-corrected chi connectivity index (χ1v) is 4.77. The van der Waals surface area contributed by atoms with Gasteiger partial charge in [-0.05, 0) is 0 Å². The molecule has 0 aromatic heterocycles. The number of halogens is 2. The quantitative estimate of drug-likeness (QED) is 0.822. The number of methoxy groups -OCH3 is 2. The van der Waals surface area contributed by atoms with Crippen LogP contribution in [0.5, 0.6) is 11.5 Å². The smallest absolute Gasteiger partial charge is 0.181 e. The van der Waals surface area contributed by atoms with Crippen molar-refractivity contribution in [3.63, 3.8) is 0 Å². The highest BCUT2D eigenvalue weighted by Crippen LogP contribution is 2.37. The molecule has 0 saturated heterocycles. The van der Waals surface area contributed by atoms with Crippen LogP contribution in [0.3, 0.4) is 0 Å². The SMILES string of the molecule is COc1cc(F)c(Cl)c(C(=O)CN)c1OC. The molecule has 6 heteroatoms. The van der Waals surface area contributed by atoms with E-state index in [0.29, 0.717) is 0 Å². The van der Waals surface area contributed by atoms with Gasteiger partial charge in [0.25, 0.3) is 0 Å². The Morgan fingerprint density at radius 3 is 2.56 bits per heavy atom. The fraction of sp³-hybridized carbons (Fsp3) is 0.300. The second kappa shape index (κ2) is 5.14. The van der Waals surface area contributed by atoms with E-state index < -0.39 is 11.6 Å². The predicted octanol–water partition coefficient (Wildman–Crippen LogP) is 1.64. The van der Waals surface area contributed by atoms with Gasteiger partial charge < -0.3 is 15.2 Å². The van der Waals surface area contributed by atoms with Crippen LogP contribution >= 0.6 is 11.6 Å². The maximum Gasteiger partial charge on any atom is 0.181 e. The zero-order chi connectivity index (χ0) is 12.3.